The molecule has 2 rings (SSSR count). The van der Waals surface area contributed by atoms with Crippen LogP contribution >= 0.6 is 0 Å². The molecule has 2 atom stereocenters. The summed E-state index contributed by atoms with van der Waals surface area (Å²) in [5.74, 6) is -1.19. The number of amides is 1. The van der Waals surface area contributed by atoms with Crippen molar-refractivity contribution in [1.29, 1.82) is 0 Å². The van der Waals surface area contributed by atoms with E-state index in [1.807, 2.05) is 30.3 Å². The average molecular weight is 313 g/mol. The minimum Gasteiger partial charge on any atom is -0.467 e. The van der Waals surface area contributed by atoms with E-state index in [4.69, 9.17) is 4.74 Å². The van der Waals surface area contributed by atoms with E-state index in [0.717, 1.165) is 5.56 Å². The third-order valence-corrected chi connectivity index (χ3v) is 3.45. The summed E-state index contributed by atoms with van der Waals surface area (Å²) in [4.78, 5) is 24.1. The van der Waals surface area contributed by atoms with Crippen LogP contribution in [0.3, 0.4) is 0 Å². The second kappa shape index (κ2) is 8.10. The highest BCUT2D eigenvalue weighted by molar-refractivity contribution is 5.87. The molecule has 0 unspecified atom stereocenters. The van der Waals surface area contributed by atoms with Crippen molar-refractivity contribution in [1.82, 2.24) is 5.32 Å². The predicted molar refractivity (Wildman–Crippen MR) is 85.5 cm³/mol. The fourth-order valence-electron chi connectivity index (χ4n) is 2.22. The Balaban J connectivity index is 2.08. The number of aliphatic hydroxyl groups is 1. The standard InChI is InChI=1S/C18H19NO4/c1-23-18(22)15(12-13-8-4-2-5-9-13)19-17(21)16(20)14-10-6-3-7-11-14/h2-11,15-16,20H,12H2,1H3,(H,19,21)/t15-,16+/m0/s1. The minimum absolute atomic E-state index is 0.292. The smallest absolute Gasteiger partial charge is 0.328 e. The first-order valence-electron chi connectivity index (χ1n) is 7.27. The van der Waals surface area contributed by atoms with Gasteiger partial charge in [-0.2, -0.15) is 0 Å². The van der Waals surface area contributed by atoms with E-state index < -0.39 is 24.0 Å². The van der Waals surface area contributed by atoms with E-state index >= 15 is 0 Å². The molecule has 2 aromatic carbocycles. The second-order valence-electron chi connectivity index (χ2n) is 5.09. The number of hydrogen-bond acceptors (Lipinski definition) is 4. The Morgan fingerprint density at radius 3 is 2.17 bits per heavy atom. The molecule has 0 saturated heterocycles. The van der Waals surface area contributed by atoms with Gasteiger partial charge in [-0.25, -0.2) is 4.79 Å². The number of hydrogen-bond donors (Lipinski definition) is 2. The van der Waals surface area contributed by atoms with Crippen LogP contribution in [-0.2, 0) is 20.7 Å². The Morgan fingerprint density at radius 1 is 1.04 bits per heavy atom. The molecule has 0 saturated carbocycles. The number of carbonyl (C=O) groups is 2. The van der Waals surface area contributed by atoms with Gasteiger partial charge in [0.25, 0.3) is 5.91 Å². The van der Waals surface area contributed by atoms with Crippen molar-refractivity contribution in [3.05, 3.63) is 71.8 Å². The lowest BCUT2D eigenvalue weighted by atomic mass is 10.0. The monoisotopic (exact) mass is 313 g/mol. The molecule has 0 radical (unpaired) electrons. The first-order chi connectivity index (χ1) is 11.1. The largest absolute Gasteiger partial charge is 0.467 e. The van der Waals surface area contributed by atoms with Crippen LogP contribution in [0, 0.1) is 0 Å². The molecule has 0 aromatic heterocycles. The summed E-state index contributed by atoms with van der Waals surface area (Å²) in [5.41, 5.74) is 1.35. The third kappa shape index (κ3) is 4.66. The fraction of sp³-hybridized carbons (Fsp3) is 0.222. The van der Waals surface area contributed by atoms with Crippen molar-refractivity contribution in [2.45, 2.75) is 18.6 Å². The Labute approximate surface area is 134 Å². The van der Waals surface area contributed by atoms with Crippen molar-refractivity contribution >= 4 is 11.9 Å². The van der Waals surface area contributed by atoms with Gasteiger partial charge in [0.15, 0.2) is 6.10 Å². The summed E-state index contributed by atoms with van der Waals surface area (Å²) in [6.07, 6.45) is -1.04. The molecule has 0 fully saturated rings. The van der Waals surface area contributed by atoms with Gasteiger partial charge in [-0.15, -0.1) is 0 Å². The number of nitrogens with one attached hydrogen (secondary N) is 1. The van der Waals surface area contributed by atoms with Crippen molar-refractivity contribution in [2.75, 3.05) is 7.11 Å². The summed E-state index contributed by atoms with van der Waals surface area (Å²) in [6, 6.07) is 17.0. The highest BCUT2D eigenvalue weighted by atomic mass is 16.5. The summed E-state index contributed by atoms with van der Waals surface area (Å²) in [6.45, 7) is 0. The van der Waals surface area contributed by atoms with Crippen molar-refractivity contribution < 1.29 is 19.4 Å². The third-order valence-electron chi connectivity index (χ3n) is 3.45. The number of esters is 1. The topological polar surface area (TPSA) is 75.6 Å². The molecular weight excluding hydrogens is 294 g/mol. The lowest BCUT2D eigenvalue weighted by Gasteiger charge is -2.19. The number of methoxy groups -OCH3 is 1. The maximum Gasteiger partial charge on any atom is 0.328 e. The molecule has 120 valence electrons. The van der Waals surface area contributed by atoms with Crippen LogP contribution in [-0.4, -0.2) is 30.1 Å². The number of benzene rings is 2. The van der Waals surface area contributed by atoms with Gasteiger partial charge in [0.2, 0.25) is 0 Å². The van der Waals surface area contributed by atoms with Gasteiger partial charge in [-0.3, -0.25) is 4.79 Å². The molecule has 2 aromatic rings. The first kappa shape index (κ1) is 16.7. The van der Waals surface area contributed by atoms with Crippen LogP contribution < -0.4 is 5.32 Å². The molecule has 0 spiro atoms. The highest BCUT2D eigenvalue weighted by Crippen LogP contribution is 2.13. The maximum atomic E-state index is 12.2. The van der Waals surface area contributed by atoms with E-state index in [1.54, 1.807) is 30.3 Å². The molecule has 5 heteroatoms. The van der Waals surface area contributed by atoms with E-state index in [2.05, 4.69) is 5.32 Å². The maximum absolute atomic E-state index is 12.2. The summed E-state index contributed by atoms with van der Waals surface area (Å²) >= 11 is 0. The summed E-state index contributed by atoms with van der Waals surface area (Å²) in [5, 5.41) is 12.6. The lowest BCUT2D eigenvalue weighted by molar-refractivity contribution is -0.146. The quantitative estimate of drug-likeness (QED) is 0.795. The van der Waals surface area contributed by atoms with Gasteiger partial charge in [0.05, 0.1) is 7.11 Å². The Hall–Kier alpha value is -2.66. The number of aliphatic hydroxyl groups excluding tert-OH is 1. The zero-order valence-electron chi connectivity index (χ0n) is 12.8. The van der Waals surface area contributed by atoms with Crippen molar-refractivity contribution in [3.63, 3.8) is 0 Å². The van der Waals surface area contributed by atoms with E-state index in [1.165, 1.54) is 7.11 Å². The average Bonchev–Trinajstić information content (AvgIpc) is 2.61. The molecule has 5 nitrogen and oxygen atoms in total. The van der Waals surface area contributed by atoms with Crippen LogP contribution in [0.2, 0.25) is 0 Å². The Bertz CT molecular complexity index is 643. The molecule has 1 amide bonds. The van der Waals surface area contributed by atoms with Crippen molar-refractivity contribution in [2.24, 2.45) is 0 Å². The van der Waals surface area contributed by atoms with Crippen LogP contribution in [0.25, 0.3) is 0 Å². The molecule has 23 heavy (non-hydrogen) atoms. The molecular formula is C18H19NO4. The van der Waals surface area contributed by atoms with Crippen molar-refractivity contribution in [3.8, 4) is 0 Å². The zero-order valence-corrected chi connectivity index (χ0v) is 12.8. The lowest BCUT2D eigenvalue weighted by Crippen LogP contribution is -2.45. The molecule has 0 aliphatic rings. The van der Waals surface area contributed by atoms with Gasteiger partial charge in [-0.1, -0.05) is 60.7 Å². The predicted octanol–water partition coefficient (Wildman–Crippen LogP) is 1.62. The highest BCUT2D eigenvalue weighted by Gasteiger charge is 2.26. The van der Waals surface area contributed by atoms with Gasteiger partial charge in [-0.05, 0) is 11.1 Å². The first-order valence-corrected chi connectivity index (χ1v) is 7.27. The van der Waals surface area contributed by atoms with E-state index in [0.29, 0.717) is 12.0 Å². The SMILES string of the molecule is COC(=O)[C@H](Cc1ccccc1)NC(=O)[C@H](O)c1ccccc1. The molecule has 0 heterocycles. The Kier molecular flexibility index (Phi) is 5.88. The van der Waals surface area contributed by atoms with E-state index in [9.17, 15) is 14.7 Å². The Morgan fingerprint density at radius 2 is 1.61 bits per heavy atom. The normalized spacial score (nSPS) is 13.0. The molecule has 2 N–H and O–H groups in total. The molecule has 0 bridgehead atoms. The van der Waals surface area contributed by atoms with E-state index in [-0.39, 0.29) is 0 Å². The van der Waals surface area contributed by atoms with Gasteiger partial charge >= 0.3 is 5.97 Å². The molecule has 0 aliphatic heterocycles. The minimum atomic E-state index is -1.33. The van der Waals surface area contributed by atoms with Gasteiger partial charge in [0, 0.05) is 6.42 Å². The van der Waals surface area contributed by atoms with Crippen LogP contribution in [0.15, 0.2) is 60.7 Å². The second-order valence-corrected chi connectivity index (χ2v) is 5.09. The zero-order chi connectivity index (χ0) is 16.7. The van der Waals surface area contributed by atoms with Crippen LogP contribution in [0.1, 0.15) is 17.2 Å². The fourth-order valence-corrected chi connectivity index (χ4v) is 2.22. The van der Waals surface area contributed by atoms with Crippen LogP contribution in [0.4, 0.5) is 0 Å². The number of ether oxygens (including phenoxy) is 1. The molecule has 0 aliphatic carbocycles. The van der Waals surface area contributed by atoms with Gasteiger partial charge in [0.1, 0.15) is 6.04 Å². The van der Waals surface area contributed by atoms with Gasteiger partial charge < -0.3 is 15.2 Å². The summed E-state index contributed by atoms with van der Waals surface area (Å²) < 4.78 is 4.74. The number of carbonyl (C=O) groups excluding carboxylic acids is 2. The van der Waals surface area contributed by atoms with Crippen LogP contribution in [0.5, 0.6) is 0 Å². The summed E-state index contributed by atoms with van der Waals surface area (Å²) in [7, 11) is 1.26. The number of rotatable bonds is 6.